The summed E-state index contributed by atoms with van der Waals surface area (Å²) in [6.45, 7) is 1.31. The van der Waals surface area contributed by atoms with Crippen molar-refractivity contribution in [3.8, 4) is 11.4 Å². The van der Waals surface area contributed by atoms with Crippen LogP contribution < -0.4 is 10.1 Å². The van der Waals surface area contributed by atoms with Crippen LogP contribution in [0.4, 0.5) is 14.5 Å². The molecule has 9 heteroatoms. The number of nitrogens with zero attached hydrogens (tertiary/aromatic N) is 2. The molecular weight excluding hydrogens is 384 g/mol. The lowest BCUT2D eigenvalue weighted by Crippen LogP contribution is -2.30. The number of esters is 1. The van der Waals surface area contributed by atoms with Crippen LogP contribution >= 0.6 is 0 Å². The van der Waals surface area contributed by atoms with E-state index < -0.39 is 29.6 Å². The van der Waals surface area contributed by atoms with E-state index in [0.29, 0.717) is 11.8 Å². The number of nitrogens with one attached hydrogen (secondary N) is 1. The van der Waals surface area contributed by atoms with E-state index >= 15 is 0 Å². The first kappa shape index (κ1) is 20.0. The van der Waals surface area contributed by atoms with Crippen molar-refractivity contribution >= 4 is 17.6 Å². The summed E-state index contributed by atoms with van der Waals surface area (Å²) in [5.41, 5.74) is 0.344. The summed E-state index contributed by atoms with van der Waals surface area (Å²) in [5, 5.41) is 6.39. The number of anilines is 1. The first-order valence-electron chi connectivity index (χ1n) is 8.55. The molecule has 0 spiro atoms. The molecule has 3 rings (SSSR count). The molecule has 29 heavy (non-hydrogen) atoms. The number of rotatable bonds is 6. The fourth-order valence-electron chi connectivity index (χ4n) is 2.46. The molecule has 1 amide bonds. The lowest BCUT2D eigenvalue weighted by molar-refractivity contribution is -0.123. The number of amides is 1. The molecule has 3 aromatic rings. The van der Waals surface area contributed by atoms with Gasteiger partial charge in [-0.05, 0) is 31.2 Å². The summed E-state index contributed by atoms with van der Waals surface area (Å²) in [6.07, 6.45) is 0.239. The number of methoxy groups -OCH3 is 1. The normalized spacial score (nSPS) is 11.6. The zero-order chi connectivity index (χ0) is 21.0. The third-order valence-electron chi connectivity index (χ3n) is 3.96. The first-order valence-corrected chi connectivity index (χ1v) is 8.55. The highest BCUT2D eigenvalue weighted by Gasteiger charge is 2.25. The van der Waals surface area contributed by atoms with Gasteiger partial charge in [-0.1, -0.05) is 18.2 Å². The summed E-state index contributed by atoms with van der Waals surface area (Å²) in [5.74, 6) is -3.23. The largest absolute Gasteiger partial charge is 0.493 e. The molecule has 1 heterocycles. The molecule has 0 fully saturated rings. The molecule has 0 unspecified atom stereocenters. The Morgan fingerprint density at radius 1 is 1.14 bits per heavy atom. The second-order valence-corrected chi connectivity index (χ2v) is 5.99. The molecule has 7 nitrogen and oxygen atoms in total. The number of hydrogen-bond donors (Lipinski definition) is 1. The zero-order valence-corrected chi connectivity index (χ0v) is 15.6. The second-order valence-electron chi connectivity index (χ2n) is 5.99. The molecule has 1 N–H and O–H groups in total. The van der Waals surface area contributed by atoms with Crippen LogP contribution in [0.2, 0.25) is 0 Å². The predicted molar refractivity (Wildman–Crippen MR) is 100.0 cm³/mol. The number of aromatic nitrogens is 2. The van der Waals surface area contributed by atoms with Gasteiger partial charge in [0.25, 0.3) is 5.91 Å². The van der Waals surface area contributed by atoms with Gasteiger partial charge >= 0.3 is 5.97 Å². The maximum absolute atomic E-state index is 13.7. The van der Waals surface area contributed by atoms with E-state index in [1.165, 1.54) is 24.9 Å². The molecule has 0 saturated carbocycles. The van der Waals surface area contributed by atoms with E-state index in [0.717, 1.165) is 12.1 Å². The number of para-hydroxylation sites is 1. The van der Waals surface area contributed by atoms with Gasteiger partial charge in [0.2, 0.25) is 5.69 Å². The Morgan fingerprint density at radius 2 is 1.86 bits per heavy atom. The quantitative estimate of drug-likeness (QED) is 0.641. The highest BCUT2D eigenvalue weighted by Crippen LogP contribution is 2.21. The van der Waals surface area contributed by atoms with Gasteiger partial charge in [0.05, 0.1) is 24.7 Å². The van der Waals surface area contributed by atoms with E-state index in [-0.39, 0.29) is 17.1 Å². The Kier molecular flexibility index (Phi) is 5.87. The molecule has 1 atom stereocenters. The number of ether oxygens (including phenoxy) is 2. The third-order valence-corrected chi connectivity index (χ3v) is 3.96. The Labute approximate surface area is 164 Å². The Bertz CT molecular complexity index is 1040. The van der Waals surface area contributed by atoms with Crippen molar-refractivity contribution in [1.29, 1.82) is 0 Å². The van der Waals surface area contributed by atoms with E-state index in [9.17, 15) is 18.4 Å². The highest BCUT2D eigenvalue weighted by molar-refractivity contribution is 5.97. The van der Waals surface area contributed by atoms with Crippen molar-refractivity contribution in [2.75, 3.05) is 12.4 Å². The molecule has 150 valence electrons. The van der Waals surface area contributed by atoms with Crippen LogP contribution in [-0.2, 0) is 9.53 Å². The lowest BCUT2D eigenvalue weighted by Gasteiger charge is -2.13. The van der Waals surface area contributed by atoms with Gasteiger partial charge < -0.3 is 14.8 Å². The summed E-state index contributed by atoms with van der Waals surface area (Å²) in [4.78, 5) is 24.7. The summed E-state index contributed by atoms with van der Waals surface area (Å²) >= 11 is 0. The molecule has 0 bridgehead atoms. The topological polar surface area (TPSA) is 82.5 Å². The molecule has 1 aromatic heterocycles. The monoisotopic (exact) mass is 401 g/mol. The van der Waals surface area contributed by atoms with Crippen molar-refractivity contribution in [3.63, 3.8) is 0 Å². The van der Waals surface area contributed by atoms with Gasteiger partial charge in [-0.25, -0.2) is 18.3 Å². The Morgan fingerprint density at radius 3 is 2.52 bits per heavy atom. The van der Waals surface area contributed by atoms with Gasteiger partial charge in [0, 0.05) is 6.07 Å². The van der Waals surface area contributed by atoms with Crippen LogP contribution in [0.5, 0.6) is 5.75 Å². The number of carbonyl (C=O) groups is 2. The van der Waals surface area contributed by atoms with Crippen molar-refractivity contribution < 1.29 is 27.8 Å². The minimum atomic E-state index is -1.27. The molecule has 0 radical (unpaired) electrons. The minimum absolute atomic E-state index is 0.121. The molecule has 0 saturated heterocycles. The van der Waals surface area contributed by atoms with Gasteiger partial charge in [-0.2, -0.15) is 5.10 Å². The van der Waals surface area contributed by atoms with Gasteiger partial charge in [-0.15, -0.1) is 0 Å². The average Bonchev–Trinajstić information content (AvgIpc) is 3.15. The van der Waals surface area contributed by atoms with Crippen LogP contribution in [0.1, 0.15) is 17.4 Å². The zero-order valence-electron chi connectivity index (χ0n) is 15.6. The van der Waals surface area contributed by atoms with Crippen LogP contribution in [0.25, 0.3) is 5.69 Å². The first-order chi connectivity index (χ1) is 13.9. The van der Waals surface area contributed by atoms with E-state index in [4.69, 9.17) is 9.47 Å². The SMILES string of the molecule is COc1cn(-c2ccccc2)nc1C(=O)O[C@@H](C)C(=O)Nc1ccc(F)cc1F. The van der Waals surface area contributed by atoms with Crippen molar-refractivity contribution in [3.05, 3.63) is 72.1 Å². The van der Waals surface area contributed by atoms with Gasteiger partial charge in [0.1, 0.15) is 11.6 Å². The van der Waals surface area contributed by atoms with Gasteiger partial charge in [0.15, 0.2) is 11.9 Å². The second kappa shape index (κ2) is 8.51. The van der Waals surface area contributed by atoms with Crippen LogP contribution in [0, 0.1) is 11.6 Å². The molecule has 2 aromatic carbocycles. The lowest BCUT2D eigenvalue weighted by atomic mass is 10.2. The van der Waals surface area contributed by atoms with E-state index in [1.807, 2.05) is 18.2 Å². The summed E-state index contributed by atoms with van der Waals surface area (Å²) in [6, 6.07) is 11.7. The molecular formula is C20H17F2N3O4. The van der Waals surface area contributed by atoms with Crippen molar-refractivity contribution in [2.45, 2.75) is 13.0 Å². The van der Waals surface area contributed by atoms with Crippen LogP contribution in [-0.4, -0.2) is 34.9 Å². The van der Waals surface area contributed by atoms with E-state index in [1.54, 1.807) is 12.1 Å². The standard InChI is InChI=1S/C20H17F2N3O4/c1-12(19(26)23-16-9-8-13(21)10-15(16)22)29-20(27)18-17(28-2)11-25(24-18)14-6-4-3-5-7-14/h3-12H,1-2H3,(H,23,26)/t12-/m0/s1. The summed E-state index contributed by atoms with van der Waals surface area (Å²) in [7, 11) is 1.37. The maximum atomic E-state index is 13.7. The average molecular weight is 401 g/mol. The minimum Gasteiger partial charge on any atom is -0.493 e. The predicted octanol–water partition coefficient (Wildman–Crippen LogP) is 3.34. The Balaban J connectivity index is 1.72. The number of hydrogen-bond acceptors (Lipinski definition) is 5. The number of benzene rings is 2. The summed E-state index contributed by atoms with van der Waals surface area (Å²) < 4.78 is 38.4. The fraction of sp³-hybridized carbons (Fsp3) is 0.150. The number of carbonyl (C=O) groups excluding carboxylic acids is 2. The van der Waals surface area contributed by atoms with Crippen molar-refractivity contribution in [2.24, 2.45) is 0 Å². The third kappa shape index (κ3) is 4.57. The smallest absolute Gasteiger partial charge is 0.363 e. The molecule has 0 aliphatic carbocycles. The van der Waals surface area contributed by atoms with Gasteiger partial charge in [-0.3, -0.25) is 4.79 Å². The molecule has 0 aliphatic rings. The molecule has 0 aliphatic heterocycles. The fourth-order valence-corrected chi connectivity index (χ4v) is 2.46. The van der Waals surface area contributed by atoms with Crippen molar-refractivity contribution in [1.82, 2.24) is 9.78 Å². The number of halogens is 2. The highest BCUT2D eigenvalue weighted by atomic mass is 19.1. The van der Waals surface area contributed by atoms with Crippen LogP contribution in [0.3, 0.4) is 0 Å². The Hall–Kier alpha value is -3.75. The van der Waals surface area contributed by atoms with E-state index in [2.05, 4.69) is 10.4 Å². The van der Waals surface area contributed by atoms with Crippen LogP contribution in [0.15, 0.2) is 54.7 Å². The maximum Gasteiger partial charge on any atom is 0.363 e.